The van der Waals surface area contributed by atoms with Gasteiger partial charge in [0.25, 0.3) is 0 Å². The predicted octanol–water partition coefficient (Wildman–Crippen LogP) is 0.907. The number of hydrogen-bond donors (Lipinski definition) is 1. The van der Waals surface area contributed by atoms with Crippen LogP contribution in [0.5, 0.6) is 0 Å². The van der Waals surface area contributed by atoms with Gasteiger partial charge in [-0.1, -0.05) is 17.8 Å². The van der Waals surface area contributed by atoms with Gasteiger partial charge in [0.05, 0.1) is 11.1 Å². The molecule has 0 bridgehead atoms. The summed E-state index contributed by atoms with van der Waals surface area (Å²) in [6, 6.07) is 3.81. The highest BCUT2D eigenvalue weighted by Gasteiger charge is 2.18. The Balaban J connectivity index is 3.16. The van der Waals surface area contributed by atoms with Crippen molar-refractivity contribution in [1.29, 1.82) is 0 Å². The first-order valence-electron chi connectivity index (χ1n) is 6.62. The third kappa shape index (κ3) is 5.51. The van der Waals surface area contributed by atoms with Crippen LogP contribution >= 0.6 is 0 Å². The zero-order valence-electron chi connectivity index (χ0n) is 12.7. The van der Waals surface area contributed by atoms with Crippen molar-refractivity contribution in [3.05, 3.63) is 34.9 Å². The molecule has 6 nitrogen and oxygen atoms in total. The maximum absolute atomic E-state index is 11.9. The summed E-state index contributed by atoms with van der Waals surface area (Å²) >= 11 is 0. The van der Waals surface area contributed by atoms with E-state index in [0.29, 0.717) is 0 Å². The van der Waals surface area contributed by atoms with Crippen LogP contribution in [0.4, 0.5) is 0 Å². The van der Waals surface area contributed by atoms with Crippen molar-refractivity contribution >= 4 is 11.9 Å². The molecule has 0 saturated carbocycles. The molecule has 0 radical (unpaired) electrons. The number of hydrogen-bond acceptors (Lipinski definition) is 6. The lowest BCUT2D eigenvalue weighted by atomic mass is 10.1. The molecule has 0 amide bonds. The third-order valence-electron chi connectivity index (χ3n) is 2.61. The molecule has 0 aliphatic rings. The van der Waals surface area contributed by atoms with Gasteiger partial charge in [-0.15, -0.1) is 19.3 Å². The summed E-state index contributed by atoms with van der Waals surface area (Å²) in [6.07, 6.45) is 13.6. The van der Waals surface area contributed by atoms with Gasteiger partial charge in [-0.2, -0.15) is 0 Å². The minimum absolute atomic E-state index is 0.0150. The van der Waals surface area contributed by atoms with Gasteiger partial charge in [-0.3, -0.25) is 0 Å². The van der Waals surface area contributed by atoms with Crippen molar-refractivity contribution in [3.8, 4) is 37.0 Å². The molecular formula is C18H14O6. The predicted molar refractivity (Wildman–Crippen MR) is 84.4 cm³/mol. The number of aliphatic hydroxyl groups excluding tert-OH is 1. The minimum Gasteiger partial charge on any atom is -0.449 e. The molecule has 1 aromatic rings. The molecule has 24 heavy (non-hydrogen) atoms. The summed E-state index contributed by atoms with van der Waals surface area (Å²) in [5, 5.41) is 9.93. The van der Waals surface area contributed by atoms with E-state index in [2.05, 4.69) is 17.8 Å². The number of terminal acetylenes is 3. The van der Waals surface area contributed by atoms with Crippen LogP contribution in [0.25, 0.3) is 0 Å². The van der Waals surface area contributed by atoms with Crippen LogP contribution in [-0.4, -0.2) is 36.9 Å². The van der Waals surface area contributed by atoms with Gasteiger partial charge in [0.1, 0.15) is 6.61 Å². The molecule has 6 heteroatoms. The Bertz CT molecular complexity index is 681. The van der Waals surface area contributed by atoms with Gasteiger partial charge >= 0.3 is 11.9 Å². The smallest absolute Gasteiger partial charge is 0.339 e. The lowest BCUT2D eigenvalue weighted by Crippen LogP contribution is -2.13. The van der Waals surface area contributed by atoms with Crippen molar-refractivity contribution in [2.24, 2.45) is 0 Å². The first-order valence-corrected chi connectivity index (χ1v) is 6.62. The molecule has 0 heterocycles. The Morgan fingerprint density at radius 2 is 1.38 bits per heavy atom. The Hall–Kier alpha value is -3.24. The number of aliphatic hydroxyl groups is 1. The van der Waals surface area contributed by atoms with E-state index in [1.807, 2.05) is 0 Å². The SMILES string of the molecule is C#CCOC(=O)c1cc(C(=O)OCC#C)cc(C(O)OCC#C)c1. The zero-order valence-corrected chi connectivity index (χ0v) is 12.7. The van der Waals surface area contributed by atoms with Crippen molar-refractivity contribution in [2.75, 3.05) is 19.8 Å². The quantitative estimate of drug-likeness (QED) is 0.456. The minimum atomic E-state index is -1.44. The summed E-state index contributed by atoms with van der Waals surface area (Å²) in [6.45, 7) is -0.643. The van der Waals surface area contributed by atoms with E-state index in [9.17, 15) is 14.7 Å². The highest BCUT2D eigenvalue weighted by molar-refractivity contribution is 5.95. The summed E-state index contributed by atoms with van der Waals surface area (Å²) in [7, 11) is 0. The largest absolute Gasteiger partial charge is 0.449 e. The molecular weight excluding hydrogens is 312 g/mol. The Kier molecular flexibility index (Phi) is 7.61. The van der Waals surface area contributed by atoms with Crippen molar-refractivity contribution in [2.45, 2.75) is 6.29 Å². The van der Waals surface area contributed by atoms with Crippen molar-refractivity contribution < 1.29 is 28.9 Å². The van der Waals surface area contributed by atoms with Gasteiger partial charge in [-0.05, 0) is 18.2 Å². The van der Waals surface area contributed by atoms with E-state index < -0.39 is 18.2 Å². The van der Waals surface area contributed by atoms with E-state index in [0.717, 1.165) is 0 Å². The standard InChI is InChI=1S/C18H14O6/c1-4-7-22-16(19)13-10-14(17(20)23-8-5-2)12-15(11-13)18(21)24-9-6-3/h1-3,10-12,16,19H,7-9H2. The molecule has 0 fully saturated rings. The number of carbonyl (C=O) groups is 2. The van der Waals surface area contributed by atoms with Gasteiger partial charge in [0, 0.05) is 5.56 Å². The average Bonchev–Trinajstić information content (AvgIpc) is 2.61. The van der Waals surface area contributed by atoms with Gasteiger partial charge in [-0.25, -0.2) is 9.59 Å². The molecule has 1 N–H and O–H groups in total. The summed E-state index contributed by atoms with van der Waals surface area (Å²) in [5.74, 6) is 4.93. The number of carbonyl (C=O) groups excluding carboxylic acids is 2. The zero-order chi connectivity index (χ0) is 17.9. The lowest BCUT2D eigenvalue weighted by molar-refractivity contribution is -0.0902. The van der Waals surface area contributed by atoms with Crippen LogP contribution < -0.4 is 0 Å². The first-order chi connectivity index (χ1) is 11.5. The highest BCUT2D eigenvalue weighted by Crippen LogP contribution is 2.20. The van der Waals surface area contributed by atoms with E-state index in [1.165, 1.54) is 18.2 Å². The molecule has 0 aromatic heterocycles. The Morgan fingerprint density at radius 1 is 0.917 bits per heavy atom. The van der Waals surface area contributed by atoms with E-state index in [4.69, 9.17) is 33.5 Å². The highest BCUT2D eigenvalue weighted by atomic mass is 16.6. The molecule has 0 aliphatic heterocycles. The maximum atomic E-state index is 11.9. The number of rotatable bonds is 7. The summed E-state index contributed by atoms with van der Waals surface area (Å²) < 4.78 is 14.5. The second-order valence-corrected chi connectivity index (χ2v) is 4.27. The van der Waals surface area contributed by atoms with Gasteiger partial charge in [0.15, 0.2) is 19.5 Å². The second-order valence-electron chi connectivity index (χ2n) is 4.27. The van der Waals surface area contributed by atoms with Crippen molar-refractivity contribution in [1.82, 2.24) is 0 Å². The number of esters is 2. The molecule has 0 spiro atoms. The van der Waals surface area contributed by atoms with Gasteiger partial charge < -0.3 is 19.3 Å². The van der Waals surface area contributed by atoms with Crippen LogP contribution in [0.15, 0.2) is 18.2 Å². The second kappa shape index (κ2) is 9.71. The monoisotopic (exact) mass is 326 g/mol. The third-order valence-corrected chi connectivity index (χ3v) is 2.61. The average molecular weight is 326 g/mol. The first kappa shape index (κ1) is 18.8. The summed E-state index contributed by atoms with van der Waals surface area (Å²) in [4.78, 5) is 23.8. The molecule has 1 rings (SSSR count). The number of ether oxygens (including phenoxy) is 3. The Labute approximate surface area is 139 Å². The van der Waals surface area contributed by atoms with Crippen LogP contribution in [0.1, 0.15) is 32.6 Å². The van der Waals surface area contributed by atoms with E-state index in [1.54, 1.807) is 0 Å². The fourth-order valence-electron chi connectivity index (χ4n) is 1.63. The fourth-order valence-corrected chi connectivity index (χ4v) is 1.63. The molecule has 0 aliphatic carbocycles. The number of benzene rings is 1. The molecule has 122 valence electrons. The fraction of sp³-hybridized carbons (Fsp3) is 0.222. The lowest BCUT2D eigenvalue weighted by Gasteiger charge is -2.13. The van der Waals surface area contributed by atoms with E-state index >= 15 is 0 Å². The summed E-state index contributed by atoms with van der Waals surface area (Å²) in [5.41, 5.74) is 0.0885. The molecule has 0 saturated heterocycles. The van der Waals surface area contributed by atoms with E-state index in [-0.39, 0.29) is 36.5 Å². The molecule has 1 aromatic carbocycles. The van der Waals surface area contributed by atoms with Crippen LogP contribution in [0.2, 0.25) is 0 Å². The molecule has 1 unspecified atom stereocenters. The topological polar surface area (TPSA) is 82.1 Å². The van der Waals surface area contributed by atoms with Crippen LogP contribution in [0.3, 0.4) is 0 Å². The Morgan fingerprint density at radius 3 is 1.79 bits per heavy atom. The van der Waals surface area contributed by atoms with Crippen LogP contribution in [0, 0.1) is 37.0 Å². The van der Waals surface area contributed by atoms with Crippen molar-refractivity contribution in [3.63, 3.8) is 0 Å². The maximum Gasteiger partial charge on any atom is 0.339 e. The normalized spacial score (nSPS) is 10.6. The molecule has 1 atom stereocenters. The van der Waals surface area contributed by atoms with Crippen LogP contribution in [-0.2, 0) is 14.2 Å². The van der Waals surface area contributed by atoms with Gasteiger partial charge in [0.2, 0.25) is 0 Å².